The van der Waals surface area contributed by atoms with E-state index in [1.54, 1.807) is 36.3 Å². The van der Waals surface area contributed by atoms with Crippen molar-refractivity contribution >= 4 is 11.6 Å². The summed E-state index contributed by atoms with van der Waals surface area (Å²) in [7, 11) is 1.59. The first-order chi connectivity index (χ1) is 15.1. The van der Waals surface area contributed by atoms with Crippen LogP contribution in [0.3, 0.4) is 0 Å². The van der Waals surface area contributed by atoms with Crippen LogP contribution in [0.1, 0.15) is 5.56 Å². The summed E-state index contributed by atoms with van der Waals surface area (Å²) in [5.74, 6) is 0.384. The number of rotatable bonds is 7. The van der Waals surface area contributed by atoms with Gasteiger partial charge in [0, 0.05) is 17.3 Å². The summed E-state index contributed by atoms with van der Waals surface area (Å²) >= 11 is 0. The molecule has 0 aliphatic carbocycles. The first kappa shape index (κ1) is 20.0. The van der Waals surface area contributed by atoms with Gasteiger partial charge in [0.2, 0.25) is 5.91 Å². The number of nitrogens with one attached hydrogen (secondary N) is 1. The Morgan fingerprint density at radius 1 is 1.03 bits per heavy atom. The van der Waals surface area contributed by atoms with E-state index in [0.29, 0.717) is 17.9 Å². The van der Waals surface area contributed by atoms with Gasteiger partial charge in [0.05, 0.1) is 19.3 Å². The van der Waals surface area contributed by atoms with Gasteiger partial charge in [0.25, 0.3) is 5.56 Å². The van der Waals surface area contributed by atoms with Crippen LogP contribution in [-0.2, 0) is 17.9 Å². The van der Waals surface area contributed by atoms with Gasteiger partial charge in [0.1, 0.15) is 24.9 Å². The fourth-order valence-corrected chi connectivity index (χ4v) is 3.01. The van der Waals surface area contributed by atoms with E-state index in [2.05, 4.69) is 20.5 Å². The lowest BCUT2D eigenvalue weighted by molar-refractivity contribution is -0.117. The van der Waals surface area contributed by atoms with Gasteiger partial charge in [-0.15, -0.1) is 0 Å². The second-order valence-corrected chi connectivity index (χ2v) is 6.78. The maximum atomic E-state index is 12.5. The number of carbonyl (C=O) groups is 1. The molecule has 0 atom stereocenters. The van der Waals surface area contributed by atoms with Crippen LogP contribution in [0.25, 0.3) is 11.3 Å². The van der Waals surface area contributed by atoms with Crippen molar-refractivity contribution in [3.8, 4) is 17.0 Å². The molecule has 31 heavy (non-hydrogen) atoms. The third-order valence-electron chi connectivity index (χ3n) is 4.59. The molecule has 0 aliphatic rings. The molecule has 0 saturated carbocycles. The Morgan fingerprint density at radius 2 is 1.81 bits per heavy atom. The molecule has 1 N–H and O–H groups in total. The molecule has 1 amide bonds. The van der Waals surface area contributed by atoms with E-state index >= 15 is 0 Å². The Morgan fingerprint density at radius 3 is 2.48 bits per heavy atom. The third-order valence-corrected chi connectivity index (χ3v) is 4.59. The summed E-state index contributed by atoms with van der Waals surface area (Å²) in [5, 5.41) is 11.2. The van der Waals surface area contributed by atoms with E-state index < -0.39 is 0 Å². The summed E-state index contributed by atoms with van der Waals surface area (Å²) in [6.07, 6.45) is 3.12. The number of methoxy groups -OCH3 is 1. The van der Waals surface area contributed by atoms with E-state index in [9.17, 15) is 9.59 Å². The van der Waals surface area contributed by atoms with Crippen molar-refractivity contribution in [3.05, 3.63) is 89.2 Å². The monoisotopic (exact) mass is 416 g/mol. The number of anilines is 1. The Balaban J connectivity index is 1.42. The number of hydrogen-bond donors (Lipinski definition) is 1. The van der Waals surface area contributed by atoms with Crippen LogP contribution < -0.4 is 15.6 Å². The Bertz CT molecular complexity index is 1220. The second kappa shape index (κ2) is 9.04. The van der Waals surface area contributed by atoms with Gasteiger partial charge in [-0.25, -0.2) is 14.3 Å². The van der Waals surface area contributed by atoms with E-state index in [1.165, 1.54) is 12.4 Å². The molecule has 0 spiro atoms. The molecule has 0 saturated heterocycles. The molecule has 2 heterocycles. The van der Waals surface area contributed by atoms with Crippen molar-refractivity contribution in [2.45, 2.75) is 13.1 Å². The molecular weight excluding hydrogens is 396 g/mol. The summed E-state index contributed by atoms with van der Waals surface area (Å²) in [4.78, 5) is 28.5. The van der Waals surface area contributed by atoms with Gasteiger partial charge < -0.3 is 10.1 Å². The van der Waals surface area contributed by atoms with Crippen LogP contribution in [0, 0.1) is 0 Å². The smallest absolute Gasteiger partial charge is 0.267 e. The quantitative estimate of drug-likeness (QED) is 0.495. The largest absolute Gasteiger partial charge is 0.497 e. The minimum atomic E-state index is -0.351. The highest BCUT2D eigenvalue weighted by Gasteiger charge is 2.09. The summed E-state index contributed by atoms with van der Waals surface area (Å²) in [6, 6.07) is 17.7. The maximum absolute atomic E-state index is 12.5. The van der Waals surface area contributed by atoms with Gasteiger partial charge in [-0.3, -0.25) is 9.59 Å². The maximum Gasteiger partial charge on any atom is 0.267 e. The SMILES string of the molecule is COc1ccc(-c2ccc(=O)n(CC(=O)Nc3ccc(Cn4cncn4)cc3)n2)cc1. The molecular formula is C22H20N6O3. The lowest BCUT2D eigenvalue weighted by Crippen LogP contribution is -2.29. The Labute approximate surface area is 177 Å². The highest BCUT2D eigenvalue weighted by molar-refractivity contribution is 5.90. The minimum Gasteiger partial charge on any atom is -0.497 e. The normalized spacial score (nSPS) is 10.6. The molecule has 0 unspecified atom stereocenters. The first-order valence-electron chi connectivity index (χ1n) is 9.54. The van der Waals surface area contributed by atoms with E-state index in [1.807, 2.05) is 36.4 Å². The zero-order valence-corrected chi connectivity index (χ0v) is 16.8. The molecule has 4 rings (SSSR count). The van der Waals surface area contributed by atoms with Crippen molar-refractivity contribution in [2.24, 2.45) is 0 Å². The fourth-order valence-electron chi connectivity index (χ4n) is 3.01. The second-order valence-electron chi connectivity index (χ2n) is 6.78. The lowest BCUT2D eigenvalue weighted by atomic mass is 10.1. The predicted molar refractivity (Wildman–Crippen MR) is 115 cm³/mol. The molecule has 0 aliphatic heterocycles. The van der Waals surface area contributed by atoms with E-state index in [4.69, 9.17) is 4.74 Å². The van der Waals surface area contributed by atoms with Crippen molar-refractivity contribution < 1.29 is 9.53 Å². The zero-order valence-electron chi connectivity index (χ0n) is 16.8. The van der Waals surface area contributed by atoms with Crippen LogP contribution in [0.15, 0.2) is 78.1 Å². The standard InChI is InChI=1S/C22H20N6O3/c1-31-19-8-4-17(5-9-19)20-10-11-22(30)28(26-20)13-21(29)25-18-6-2-16(3-7-18)12-27-15-23-14-24-27/h2-11,14-15H,12-13H2,1H3,(H,25,29). The highest BCUT2D eigenvalue weighted by atomic mass is 16.5. The topological polar surface area (TPSA) is 104 Å². The number of aromatic nitrogens is 5. The molecule has 2 aromatic carbocycles. The first-order valence-corrected chi connectivity index (χ1v) is 9.54. The van der Waals surface area contributed by atoms with E-state index in [0.717, 1.165) is 21.6 Å². The lowest BCUT2D eigenvalue weighted by Gasteiger charge is -2.09. The Hall–Kier alpha value is -4.27. The average molecular weight is 416 g/mol. The number of hydrogen-bond acceptors (Lipinski definition) is 6. The van der Waals surface area contributed by atoms with Gasteiger partial charge in [-0.1, -0.05) is 12.1 Å². The molecule has 0 radical (unpaired) electrons. The van der Waals surface area contributed by atoms with Crippen molar-refractivity contribution in [3.63, 3.8) is 0 Å². The predicted octanol–water partition coefficient (Wildman–Crippen LogP) is 2.20. The molecule has 0 bridgehead atoms. The average Bonchev–Trinajstić information content (AvgIpc) is 3.30. The number of amides is 1. The van der Waals surface area contributed by atoms with Crippen molar-refractivity contribution in [1.29, 1.82) is 0 Å². The summed E-state index contributed by atoms with van der Waals surface area (Å²) in [6.45, 7) is 0.398. The van der Waals surface area contributed by atoms with Crippen LogP contribution in [0.2, 0.25) is 0 Å². The molecule has 9 nitrogen and oxygen atoms in total. The molecule has 156 valence electrons. The van der Waals surface area contributed by atoms with Gasteiger partial charge in [-0.2, -0.15) is 10.2 Å². The number of benzene rings is 2. The Kier molecular flexibility index (Phi) is 5.84. The molecule has 2 aromatic heterocycles. The van der Waals surface area contributed by atoms with Crippen LogP contribution >= 0.6 is 0 Å². The summed E-state index contributed by atoms with van der Waals surface area (Å²) in [5.41, 5.74) is 2.71. The van der Waals surface area contributed by atoms with Gasteiger partial charge >= 0.3 is 0 Å². The minimum absolute atomic E-state index is 0.191. The van der Waals surface area contributed by atoms with Gasteiger partial charge in [-0.05, 0) is 48.0 Å². The molecule has 0 fully saturated rings. The van der Waals surface area contributed by atoms with Crippen LogP contribution in [0.4, 0.5) is 5.69 Å². The van der Waals surface area contributed by atoms with Crippen LogP contribution in [0.5, 0.6) is 5.75 Å². The zero-order chi connectivity index (χ0) is 21.6. The number of ether oxygens (including phenoxy) is 1. The van der Waals surface area contributed by atoms with Crippen molar-refractivity contribution in [2.75, 3.05) is 12.4 Å². The fraction of sp³-hybridized carbons (Fsp3) is 0.136. The molecule has 9 heteroatoms. The number of nitrogens with zero attached hydrogens (tertiary/aromatic N) is 5. The highest BCUT2D eigenvalue weighted by Crippen LogP contribution is 2.19. The summed E-state index contributed by atoms with van der Waals surface area (Å²) < 4.78 is 8.01. The van der Waals surface area contributed by atoms with E-state index in [-0.39, 0.29) is 18.0 Å². The van der Waals surface area contributed by atoms with Crippen molar-refractivity contribution in [1.82, 2.24) is 24.5 Å². The van der Waals surface area contributed by atoms with Crippen LogP contribution in [-0.4, -0.2) is 37.6 Å². The molecule has 4 aromatic rings. The third kappa shape index (κ3) is 5.02. The number of carbonyl (C=O) groups excluding carboxylic acids is 1. The van der Waals surface area contributed by atoms with Gasteiger partial charge in [0.15, 0.2) is 0 Å².